The topological polar surface area (TPSA) is 87.7 Å². The Morgan fingerprint density at radius 2 is 1.79 bits per heavy atom. The lowest BCUT2D eigenvalue weighted by atomic mass is 10.2. The second-order valence-corrected chi connectivity index (χ2v) is 6.60. The monoisotopic (exact) mass is 397 g/mol. The first-order valence-electron chi connectivity index (χ1n) is 9.52. The van der Waals surface area contributed by atoms with Crippen molar-refractivity contribution in [3.8, 4) is 0 Å². The summed E-state index contributed by atoms with van der Waals surface area (Å²) in [5.41, 5.74) is 3.18. The molecule has 0 aliphatic rings. The predicted octanol–water partition coefficient (Wildman–Crippen LogP) is 2.75. The lowest BCUT2D eigenvalue weighted by Gasteiger charge is -2.23. The molecule has 2 aromatic carbocycles. The van der Waals surface area contributed by atoms with Gasteiger partial charge in [0, 0.05) is 37.9 Å². The molecule has 0 aliphatic heterocycles. The van der Waals surface area contributed by atoms with Gasteiger partial charge in [-0.2, -0.15) is 0 Å². The van der Waals surface area contributed by atoms with Crippen molar-refractivity contribution in [2.24, 2.45) is 0 Å². The number of esters is 1. The standard InChI is InChI=1S/C22H27N3O4/c1-4-25(20-7-5-6-16(2)14-20)13-12-23-21(27)15-29-22(28)18-8-10-19(11-9-18)24-17(3)26/h5-11,14H,4,12-13,15H2,1-3H3,(H,23,27)(H,24,26). The number of hydrogen-bond donors (Lipinski definition) is 2. The third-order valence-electron chi connectivity index (χ3n) is 4.23. The number of carbonyl (C=O) groups excluding carboxylic acids is 3. The molecule has 29 heavy (non-hydrogen) atoms. The number of amides is 2. The van der Waals surface area contributed by atoms with Crippen LogP contribution in [0.4, 0.5) is 11.4 Å². The van der Waals surface area contributed by atoms with Gasteiger partial charge in [-0.1, -0.05) is 12.1 Å². The molecule has 7 heteroatoms. The van der Waals surface area contributed by atoms with Crippen LogP contribution in [-0.2, 0) is 14.3 Å². The predicted molar refractivity (Wildman–Crippen MR) is 113 cm³/mol. The summed E-state index contributed by atoms with van der Waals surface area (Å²) in [4.78, 5) is 37.2. The van der Waals surface area contributed by atoms with E-state index in [1.807, 2.05) is 25.1 Å². The van der Waals surface area contributed by atoms with Gasteiger partial charge in [0.25, 0.3) is 5.91 Å². The Balaban J connectivity index is 1.74. The summed E-state index contributed by atoms with van der Waals surface area (Å²) < 4.78 is 5.04. The molecule has 0 unspecified atom stereocenters. The summed E-state index contributed by atoms with van der Waals surface area (Å²) in [6.07, 6.45) is 0. The molecule has 0 spiro atoms. The maximum absolute atomic E-state index is 12.0. The van der Waals surface area contributed by atoms with Crippen LogP contribution in [0.2, 0.25) is 0 Å². The average molecular weight is 397 g/mol. The van der Waals surface area contributed by atoms with Crippen molar-refractivity contribution in [1.82, 2.24) is 5.32 Å². The smallest absolute Gasteiger partial charge is 0.338 e. The quantitative estimate of drug-likeness (QED) is 0.636. The summed E-state index contributed by atoms with van der Waals surface area (Å²) in [7, 11) is 0. The Bertz CT molecular complexity index is 849. The van der Waals surface area contributed by atoms with Gasteiger partial charge in [0.15, 0.2) is 6.61 Å². The van der Waals surface area contributed by atoms with Crippen LogP contribution in [0, 0.1) is 6.92 Å². The van der Waals surface area contributed by atoms with Gasteiger partial charge in [0.2, 0.25) is 5.91 Å². The Morgan fingerprint density at radius 3 is 2.41 bits per heavy atom. The van der Waals surface area contributed by atoms with E-state index in [4.69, 9.17) is 4.74 Å². The van der Waals surface area contributed by atoms with Crippen LogP contribution < -0.4 is 15.5 Å². The van der Waals surface area contributed by atoms with Crippen LogP contribution >= 0.6 is 0 Å². The van der Waals surface area contributed by atoms with Crippen LogP contribution in [0.3, 0.4) is 0 Å². The van der Waals surface area contributed by atoms with E-state index < -0.39 is 5.97 Å². The van der Waals surface area contributed by atoms with Gasteiger partial charge in [-0.3, -0.25) is 9.59 Å². The molecular formula is C22H27N3O4. The molecule has 0 radical (unpaired) electrons. The minimum absolute atomic E-state index is 0.193. The van der Waals surface area contributed by atoms with Crippen LogP contribution in [0.5, 0.6) is 0 Å². The molecule has 0 saturated heterocycles. The van der Waals surface area contributed by atoms with Crippen molar-refractivity contribution < 1.29 is 19.1 Å². The first-order valence-corrected chi connectivity index (χ1v) is 9.52. The van der Waals surface area contributed by atoms with E-state index in [1.165, 1.54) is 24.6 Å². The van der Waals surface area contributed by atoms with Crippen LogP contribution in [-0.4, -0.2) is 44.0 Å². The van der Waals surface area contributed by atoms with E-state index in [9.17, 15) is 14.4 Å². The zero-order valence-electron chi connectivity index (χ0n) is 17.0. The Morgan fingerprint density at radius 1 is 1.07 bits per heavy atom. The first kappa shape index (κ1) is 21.9. The summed E-state index contributed by atoms with van der Waals surface area (Å²) >= 11 is 0. The molecule has 2 rings (SSSR count). The Labute approximate surface area is 171 Å². The normalized spacial score (nSPS) is 10.2. The fourth-order valence-corrected chi connectivity index (χ4v) is 2.78. The van der Waals surface area contributed by atoms with E-state index in [1.54, 1.807) is 12.1 Å². The highest BCUT2D eigenvalue weighted by Crippen LogP contribution is 2.15. The number of nitrogens with one attached hydrogen (secondary N) is 2. The summed E-state index contributed by atoms with van der Waals surface area (Å²) in [6.45, 7) is 7.09. The molecule has 0 atom stereocenters. The van der Waals surface area contributed by atoms with Gasteiger partial charge < -0.3 is 20.3 Å². The summed E-state index contributed by atoms with van der Waals surface area (Å²) in [6, 6.07) is 14.5. The number of carbonyl (C=O) groups is 3. The molecule has 0 saturated carbocycles. The number of likely N-dealkylation sites (N-methyl/N-ethyl adjacent to an activating group) is 1. The van der Waals surface area contributed by atoms with Crippen LogP contribution in [0.15, 0.2) is 48.5 Å². The molecule has 0 heterocycles. The average Bonchev–Trinajstić information content (AvgIpc) is 2.69. The van der Waals surface area contributed by atoms with Gasteiger partial charge >= 0.3 is 5.97 Å². The van der Waals surface area contributed by atoms with Crippen molar-refractivity contribution in [3.63, 3.8) is 0 Å². The molecule has 0 bridgehead atoms. The van der Waals surface area contributed by atoms with Gasteiger partial charge in [0.05, 0.1) is 5.56 Å². The fourth-order valence-electron chi connectivity index (χ4n) is 2.78. The van der Waals surface area contributed by atoms with Gasteiger partial charge in [-0.05, 0) is 55.8 Å². The van der Waals surface area contributed by atoms with Crippen molar-refractivity contribution in [1.29, 1.82) is 0 Å². The molecule has 7 nitrogen and oxygen atoms in total. The third-order valence-corrected chi connectivity index (χ3v) is 4.23. The van der Waals surface area contributed by atoms with E-state index in [2.05, 4.69) is 28.5 Å². The zero-order chi connectivity index (χ0) is 21.2. The van der Waals surface area contributed by atoms with Crippen LogP contribution in [0.25, 0.3) is 0 Å². The highest BCUT2D eigenvalue weighted by Gasteiger charge is 2.11. The number of ether oxygens (including phenoxy) is 1. The number of nitrogens with zero attached hydrogens (tertiary/aromatic N) is 1. The number of benzene rings is 2. The van der Waals surface area contributed by atoms with E-state index in [0.29, 0.717) is 24.3 Å². The lowest BCUT2D eigenvalue weighted by Crippen LogP contribution is -2.36. The molecule has 0 aromatic heterocycles. The molecule has 154 valence electrons. The Hall–Kier alpha value is -3.35. The van der Waals surface area contributed by atoms with Gasteiger partial charge in [-0.15, -0.1) is 0 Å². The zero-order valence-corrected chi connectivity index (χ0v) is 17.0. The summed E-state index contributed by atoms with van der Waals surface area (Å²) in [5, 5.41) is 5.38. The van der Waals surface area contributed by atoms with Gasteiger partial charge in [0.1, 0.15) is 0 Å². The molecule has 0 fully saturated rings. The van der Waals surface area contributed by atoms with Gasteiger partial charge in [-0.25, -0.2) is 4.79 Å². The maximum Gasteiger partial charge on any atom is 0.338 e. The summed E-state index contributed by atoms with van der Waals surface area (Å²) in [5.74, 6) is -1.14. The van der Waals surface area contributed by atoms with E-state index in [-0.39, 0.29) is 18.4 Å². The van der Waals surface area contributed by atoms with Crippen molar-refractivity contribution in [3.05, 3.63) is 59.7 Å². The minimum Gasteiger partial charge on any atom is -0.452 e. The minimum atomic E-state index is -0.593. The Kier molecular flexibility index (Phi) is 8.21. The fraction of sp³-hybridized carbons (Fsp3) is 0.318. The highest BCUT2D eigenvalue weighted by atomic mass is 16.5. The third kappa shape index (κ3) is 7.29. The van der Waals surface area contributed by atoms with Crippen molar-refractivity contribution in [2.75, 3.05) is 36.5 Å². The van der Waals surface area contributed by atoms with E-state index >= 15 is 0 Å². The number of anilines is 2. The number of hydrogen-bond acceptors (Lipinski definition) is 5. The maximum atomic E-state index is 12.0. The number of rotatable bonds is 9. The second kappa shape index (κ2) is 10.8. The molecule has 2 aromatic rings. The first-order chi connectivity index (χ1) is 13.9. The van der Waals surface area contributed by atoms with Crippen molar-refractivity contribution >= 4 is 29.2 Å². The van der Waals surface area contributed by atoms with Crippen molar-refractivity contribution in [2.45, 2.75) is 20.8 Å². The lowest BCUT2D eigenvalue weighted by molar-refractivity contribution is -0.124. The van der Waals surface area contributed by atoms with E-state index in [0.717, 1.165) is 12.2 Å². The largest absolute Gasteiger partial charge is 0.452 e. The molecule has 0 aliphatic carbocycles. The number of aryl methyl sites for hydroxylation is 1. The highest BCUT2D eigenvalue weighted by molar-refractivity contribution is 5.93. The molecule has 2 amide bonds. The molecular weight excluding hydrogens is 370 g/mol. The van der Waals surface area contributed by atoms with Crippen LogP contribution in [0.1, 0.15) is 29.8 Å². The SMILES string of the molecule is CCN(CCNC(=O)COC(=O)c1ccc(NC(C)=O)cc1)c1cccc(C)c1. The second-order valence-electron chi connectivity index (χ2n) is 6.60. The molecule has 2 N–H and O–H groups in total.